The second kappa shape index (κ2) is 4.72. The second-order valence-corrected chi connectivity index (χ2v) is 3.26. The highest BCUT2D eigenvalue weighted by Gasteiger charge is 2.10. The summed E-state index contributed by atoms with van der Waals surface area (Å²) in [7, 11) is 1.56. The number of nitrogens with zero attached hydrogens (tertiary/aromatic N) is 2. The van der Waals surface area contributed by atoms with E-state index in [1.807, 2.05) is 12.1 Å². The van der Waals surface area contributed by atoms with Crippen LogP contribution in [0.5, 0.6) is 5.75 Å². The molecule has 4 heteroatoms. The number of ether oxygens (including phenoxy) is 1. The van der Waals surface area contributed by atoms with Gasteiger partial charge in [0.25, 0.3) is 0 Å². The lowest BCUT2D eigenvalue weighted by molar-refractivity contribution is 0.274. The summed E-state index contributed by atoms with van der Waals surface area (Å²) in [5, 5.41) is 9.37. The summed E-state index contributed by atoms with van der Waals surface area (Å²) in [5.74, 6) is 0.594. The van der Waals surface area contributed by atoms with Crippen LogP contribution in [0.15, 0.2) is 36.9 Å². The quantitative estimate of drug-likeness (QED) is 0.847. The fourth-order valence-electron chi connectivity index (χ4n) is 1.59. The van der Waals surface area contributed by atoms with E-state index in [-0.39, 0.29) is 6.61 Å². The molecule has 2 rings (SSSR count). The molecule has 82 valence electrons. The molecule has 0 fully saturated rings. The van der Waals surface area contributed by atoms with Crippen LogP contribution in [0.3, 0.4) is 0 Å². The van der Waals surface area contributed by atoms with Crippen molar-refractivity contribution in [2.24, 2.45) is 0 Å². The second-order valence-electron chi connectivity index (χ2n) is 3.26. The minimum absolute atomic E-state index is 0.0800. The zero-order valence-electron chi connectivity index (χ0n) is 8.92. The lowest BCUT2D eigenvalue weighted by Gasteiger charge is -2.10. The summed E-state index contributed by atoms with van der Waals surface area (Å²) in [6.07, 6.45) is 6.71. The summed E-state index contributed by atoms with van der Waals surface area (Å²) in [6, 6.07) is 3.74. The first-order valence-corrected chi connectivity index (χ1v) is 4.89. The molecule has 1 N–H and O–H groups in total. The first-order chi connectivity index (χ1) is 7.86. The predicted octanol–water partition coefficient (Wildman–Crippen LogP) is 1.64. The molecule has 2 aromatic rings. The van der Waals surface area contributed by atoms with Gasteiger partial charge in [0.15, 0.2) is 0 Å². The number of aliphatic hydroxyl groups excluding tert-OH is 1. The third-order valence-corrected chi connectivity index (χ3v) is 2.39. The molecule has 0 saturated heterocycles. The Kier molecular flexibility index (Phi) is 3.12. The normalized spacial score (nSPS) is 10.1. The standard InChI is InChI=1S/C12H12N2O2/c1-16-12-7-14-6-10(11(12)8-15)9-2-4-13-5-3-9/h2-7,15H,8H2,1H3. The molecule has 0 amide bonds. The van der Waals surface area contributed by atoms with Crippen molar-refractivity contribution in [1.82, 2.24) is 9.97 Å². The van der Waals surface area contributed by atoms with Crippen molar-refractivity contribution in [1.29, 1.82) is 0 Å². The molecule has 4 nitrogen and oxygen atoms in total. The summed E-state index contributed by atoms with van der Waals surface area (Å²) in [5.41, 5.74) is 2.57. The first-order valence-electron chi connectivity index (χ1n) is 4.89. The van der Waals surface area contributed by atoms with Crippen molar-refractivity contribution in [2.45, 2.75) is 6.61 Å². The smallest absolute Gasteiger partial charge is 0.143 e. The molecule has 0 atom stereocenters. The Morgan fingerprint density at radius 2 is 1.94 bits per heavy atom. The van der Waals surface area contributed by atoms with Crippen molar-refractivity contribution in [2.75, 3.05) is 7.11 Å². The fourth-order valence-corrected chi connectivity index (χ4v) is 1.59. The van der Waals surface area contributed by atoms with Crippen LogP contribution in [0.25, 0.3) is 11.1 Å². The van der Waals surface area contributed by atoms with Gasteiger partial charge in [-0.25, -0.2) is 0 Å². The molecule has 0 unspecified atom stereocenters. The van der Waals surface area contributed by atoms with Crippen LogP contribution in [0.1, 0.15) is 5.56 Å². The van der Waals surface area contributed by atoms with Crippen LogP contribution in [0, 0.1) is 0 Å². The molecule has 0 radical (unpaired) electrons. The molecule has 0 bridgehead atoms. The first kappa shape index (κ1) is 10.6. The Balaban J connectivity index is 2.57. The molecule has 2 aromatic heterocycles. The largest absolute Gasteiger partial charge is 0.495 e. The van der Waals surface area contributed by atoms with Gasteiger partial charge in [-0.3, -0.25) is 9.97 Å². The number of methoxy groups -OCH3 is 1. The Labute approximate surface area is 93.6 Å². The number of rotatable bonds is 3. The Morgan fingerprint density at radius 3 is 2.56 bits per heavy atom. The van der Waals surface area contributed by atoms with Crippen molar-refractivity contribution >= 4 is 0 Å². The minimum atomic E-state index is -0.0800. The summed E-state index contributed by atoms with van der Waals surface area (Å²) < 4.78 is 5.16. The molecule has 0 aliphatic rings. The van der Waals surface area contributed by atoms with Gasteiger partial charge >= 0.3 is 0 Å². The Hall–Kier alpha value is -1.94. The lowest BCUT2D eigenvalue weighted by atomic mass is 10.0. The van der Waals surface area contributed by atoms with Gasteiger partial charge in [-0.05, 0) is 17.7 Å². The van der Waals surface area contributed by atoms with E-state index < -0.39 is 0 Å². The Morgan fingerprint density at radius 1 is 1.19 bits per heavy atom. The Bertz CT molecular complexity index is 472. The van der Waals surface area contributed by atoms with Crippen molar-refractivity contribution in [3.63, 3.8) is 0 Å². The highest BCUT2D eigenvalue weighted by molar-refractivity contribution is 5.68. The average molecular weight is 216 g/mol. The van der Waals surface area contributed by atoms with Gasteiger partial charge in [0.1, 0.15) is 5.75 Å². The van der Waals surface area contributed by atoms with E-state index in [0.717, 1.165) is 16.7 Å². The monoisotopic (exact) mass is 216 g/mol. The highest BCUT2D eigenvalue weighted by atomic mass is 16.5. The molecule has 0 saturated carbocycles. The number of aromatic nitrogens is 2. The maximum Gasteiger partial charge on any atom is 0.143 e. The molecule has 0 aliphatic heterocycles. The van der Waals surface area contributed by atoms with Gasteiger partial charge < -0.3 is 9.84 Å². The van der Waals surface area contributed by atoms with E-state index in [0.29, 0.717) is 5.75 Å². The number of aliphatic hydroxyl groups is 1. The van der Waals surface area contributed by atoms with E-state index >= 15 is 0 Å². The van der Waals surface area contributed by atoms with Crippen LogP contribution in [-0.4, -0.2) is 22.2 Å². The summed E-state index contributed by atoms with van der Waals surface area (Å²) in [6.45, 7) is -0.0800. The molecular formula is C12H12N2O2. The van der Waals surface area contributed by atoms with E-state index in [1.54, 1.807) is 31.9 Å². The van der Waals surface area contributed by atoms with Crippen LogP contribution in [-0.2, 0) is 6.61 Å². The minimum Gasteiger partial charge on any atom is -0.495 e. The topological polar surface area (TPSA) is 55.2 Å². The molecule has 0 spiro atoms. The molecule has 0 aliphatic carbocycles. The van der Waals surface area contributed by atoms with Gasteiger partial charge in [0.05, 0.1) is 19.9 Å². The van der Waals surface area contributed by atoms with Gasteiger partial charge in [-0.1, -0.05) is 0 Å². The lowest BCUT2D eigenvalue weighted by Crippen LogP contribution is -1.96. The molecule has 16 heavy (non-hydrogen) atoms. The molecule has 2 heterocycles. The van der Waals surface area contributed by atoms with Gasteiger partial charge in [0, 0.05) is 29.7 Å². The third-order valence-electron chi connectivity index (χ3n) is 2.39. The van der Waals surface area contributed by atoms with Crippen LogP contribution in [0.4, 0.5) is 0 Å². The van der Waals surface area contributed by atoms with E-state index in [9.17, 15) is 5.11 Å². The van der Waals surface area contributed by atoms with Crippen molar-refractivity contribution in [3.05, 3.63) is 42.5 Å². The summed E-state index contributed by atoms with van der Waals surface area (Å²) >= 11 is 0. The zero-order valence-corrected chi connectivity index (χ0v) is 8.92. The summed E-state index contributed by atoms with van der Waals surface area (Å²) in [4.78, 5) is 8.04. The number of hydrogen-bond donors (Lipinski definition) is 1. The zero-order chi connectivity index (χ0) is 11.4. The molecule has 0 aromatic carbocycles. The van der Waals surface area contributed by atoms with E-state index in [2.05, 4.69) is 9.97 Å². The van der Waals surface area contributed by atoms with Crippen LogP contribution < -0.4 is 4.74 Å². The highest BCUT2D eigenvalue weighted by Crippen LogP contribution is 2.28. The van der Waals surface area contributed by atoms with Gasteiger partial charge in [-0.2, -0.15) is 0 Å². The van der Waals surface area contributed by atoms with Crippen molar-refractivity contribution in [3.8, 4) is 16.9 Å². The van der Waals surface area contributed by atoms with Crippen LogP contribution in [0.2, 0.25) is 0 Å². The van der Waals surface area contributed by atoms with Crippen molar-refractivity contribution < 1.29 is 9.84 Å². The maximum atomic E-state index is 9.37. The van der Waals surface area contributed by atoms with E-state index in [1.165, 1.54) is 0 Å². The third kappa shape index (κ3) is 1.87. The van der Waals surface area contributed by atoms with E-state index in [4.69, 9.17) is 4.74 Å². The maximum absolute atomic E-state index is 9.37. The van der Waals surface area contributed by atoms with Crippen LogP contribution >= 0.6 is 0 Å². The van der Waals surface area contributed by atoms with Gasteiger partial charge in [0.2, 0.25) is 0 Å². The molecular weight excluding hydrogens is 204 g/mol. The number of hydrogen-bond acceptors (Lipinski definition) is 4. The SMILES string of the molecule is COc1cncc(-c2ccncc2)c1CO. The predicted molar refractivity (Wildman–Crippen MR) is 59.9 cm³/mol. The fraction of sp³-hybridized carbons (Fsp3) is 0.167. The number of pyridine rings is 2. The average Bonchev–Trinajstić information content (AvgIpc) is 2.38. The van der Waals surface area contributed by atoms with Gasteiger partial charge in [-0.15, -0.1) is 0 Å².